The molecule has 212 valence electrons. The van der Waals surface area contributed by atoms with Crippen molar-refractivity contribution >= 4 is 37.6 Å². The summed E-state index contributed by atoms with van der Waals surface area (Å²) in [5.74, 6) is 0.966. The van der Waals surface area contributed by atoms with Crippen molar-refractivity contribution in [2.45, 2.75) is 59.2 Å². The van der Waals surface area contributed by atoms with Crippen LogP contribution in [0.1, 0.15) is 38.3 Å². The van der Waals surface area contributed by atoms with Crippen molar-refractivity contribution in [3.8, 4) is 28.5 Å². The molecule has 3 rings (SSSR count). The van der Waals surface area contributed by atoms with Crippen LogP contribution in [-0.4, -0.2) is 59.5 Å². The quantitative estimate of drug-likeness (QED) is 0.112. The lowest BCUT2D eigenvalue weighted by atomic mass is 10.1. The molecule has 0 bridgehead atoms. The first kappa shape index (κ1) is 30.9. The number of ether oxygens (including phenoxy) is 2. The van der Waals surface area contributed by atoms with Crippen LogP contribution in [0.4, 0.5) is 4.79 Å². The lowest BCUT2D eigenvalue weighted by molar-refractivity contribution is -0.0404. The number of rotatable bonds is 9. The molecular formula is C27H37Cl2N5O4Si. The van der Waals surface area contributed by atoms with Crippen LogP contribution in [0.2, 0.25) is 28.3 Å². The van der Waals surface area contributed by atoms with Gasteiger partial charge in [-0.3, -0.25) is 4.68 Å². The molecule has 0 aliphatic heterocycles. The highest BCUT2D eigenvalue weighted by Crippen LogP contribution is 2.37. The summed E-state index contributed by atoms with van der Waals surface area (Å²) in [4.78, 5) is 21.6. The molecule has 0 radical (unpaired) electrons. The molecule has 0 saturated heterocycles. The molecule has 0 unspecified atom stereocenters. The summed E-state index contributed by atoms with van der Waals surface area (Å²) in [7, 11) is 1.30. The Morgan fingerprint density at radius 3 is 2.44 bits per heavy atom. The summed E-state index contributed by atoms with van der Waals surface area (Å²) in [5.41, 5.74) is 3.87. The molecule has 39 heavy (non-hydrogen) atoms. The van der Waals surface area contributed by atoms with E-state index in [1.165, 1.54) is 5.06 Å². The molecule has 2 heterocycles. The number of benzene rings is 1. The van der Waals surface area contributed by atoms with Crippen LogP contribution in [-0.2, 0) is 16.3 Å². The topological polar surface area (TPSA) is 91.6 Å². The number of halogens is 2. The number of carbonyl (C=O) groups excluding carboxylic acids is 1. The van der Waals surface area contributed by atoms with Crippen molar-refractivity contribution in [3.63, 3.8) is 0 Å². The van der Waals surface area contributed by atoms with Gasteiger partial charge in [0.15, 0.2) is 5.82 Å². The molecule has 0 spiro atoms. The van der Waals surface area contributed by atoms with Gasteiger partial charge in [-0.25, -0.2) is 19.8 Å². The summed E-state index contributed by atoms with van der Waals surface area (Å²) in [6, 6.07) is 5.27. The van der Waals surface area contributed by atoms with Crippen LogP contribution < -0.4 is 4.74 Å². The van der Waals surface area contributed by atoms with Crippen LogP contribution in [0, 0.1) is 13.8 Å². The zero-order valence-electron chi connectivity index (χ0n) is 24.1. The van der Waals surface area contributed by atoms with Gasteiger partial charge in [0.05, 0.1) is 35.8 Å². The first-order chi connectivity index (χ1) is 18.1. The van der Waals surface area contributed by atoms with Crippen LogP contribution in [0.3, 0.4) is 0 Å². The molecule has 1 aromatic carbocycles. The van der Waals surface area contributed by atoms with E-state index >= 15 is 0 Å². The number of carbonyl (C=O) groups is 1. The Labute approximate surface area is 241 Å². The second-order valence-corrected chi connectivity index (χ2v) is 16.4. The molecule has 0 aliphatic rings. The van der Waals surface area contributed by atoms with Crippen molar-refractivity contribution in [1.82, 2.24) is 24.8 Å². The van der Waals surface area contributed by atoms with Gasteiger partial charge in [0.1, 0.15) is 10.9 Å². The maximum atomic E-state index is 12.3. The van der Waals surface area contributed by atoms with E-state index in [4.69, 9.17) is 42.2 Å². The van der Waals surface area contributed by atoms with Gasteiger partial charge >= 0.3 is 6.09 Å². The number of nitrogens with zero attached hydrogens (tertiary/aromatic N) is 5. The second kappa shape index (κ2) is 12.2. The van der Waals surface area contributed by atoms with Crippen molar-refractivity contribution in [2.24, 2.45) is 7.05 Å². The fraction of sp³-hybridized carbons (Fsp3) is 0.481. The predicted octanol–water partition coefficient (Wildman–Crippen LogP) is 7.24. The van der Waals surface area contributed by atoms with E-state index in [1.807, 2.05) is 20.9 Å². The van der Waals surface area contributed by atoms with Crippen LogP contribution in [0.25, 0.3) is 22.8 Å². The average molecular weight is 595 g/mol. The molecule has 0 fully saturated rings. The van der Waals surface area contributed by atoms with Gasteiger partial charge in [-0.1, -0.05) is 44.0 Å². The number of aryl methyl sites for hydroxylation is 2. The molecule has 1 amide bonds. The zero-order valence-corrected chi connectivity index (χ0v) is 26.6. The third-order valence-corrected chi connectivity index (χ3v) is 11.9. The molecule has 3 aromatic rings. The van der Waals surface area contributed by atoms with E-state index in [0.29, 0.717) is 46.0 Å². The molecule has 0 N–H and O–H groups in total. The highest BCUT2D eigenvalue weighted by Gasteiger charge is 2.40. The molecule has 2 aromatic heterocycles. The van der Waals surface area contributed by atoms with E-state index in [-0.39, 0.29) is 11.6 Å². The summed E-state index contributed by atoms with van der Waals surface area (Å²) >= 11 is 13.0. The highest BCUT2D eigenvalue weighted by atomic mass is 35.5. The number of hydrogen-bond acceptors (Lipinski definition) is 7. The fourth-order valence-corrected chi connectivity index (χ4v) is 4.91. The van der Waals surface area contributed by atoms with Crippen molar-refractivity contribution < 1.29 is 18.8 Å². The van der Waals surface area contributed by atoms with Crippen molar-refractivity contribution in [3.05, 3.63) is 45.7 Å². The Kier molecular flexibility index (Phi) is 9.69. The lowest BCUT2D eigenvalue weighted by Crippen LogP contribution is -2.47. The SMILES string of the molecule is Cc1cnn(C)c1-c1nc(-c2cc(OCCCOC(=O)N(C)O[Si](C)(C)C(C)(C)C)ccc2Cl)nc(Cl)c1C. The summed E-state index contributed by atoms with van der Waals surface area (Å²) in [5, 5.41) is 6.29. The smallest absolute Gasteiger partial charge is 0.432 e. The Balaban J connectivity index is 1.64. The van der Waals surface area contributed by atoms with Gasteiger partial charge in [0, 0.05) is 31.6 Å². The minimum Gasteiger partial charge on any atom is -0.493 e. The third-order valence-electron chi connectivity index (χ3n) is 6.82. The minimum absolute atomic E-state index is 0.0270. The maximum absolute atomic E-state index is 12.3. The normalized spacial score (nSPS) is 12.0. The van der Waals surface area contributed by atoms with Crippen LogP contribution in [0.5, 0.6) is 5.75 Å². The van der Waals surface area contributed by atoms with Crippen LogP contribution >= 0.6 is 23.2 Å². The predicted molar refractivity (Wildman–Crippen MR) is 157 cm³/mol. The van der Waals surface area contributed by atoms with E-state index in [2.05, 4.69) is 43.9 Å². The number of hydrogen-bond donors (Lipinski definition) is 0. The Hall–Kier alpha value is -2.66. The van der Waals surface area contributed by atoms with Gasteiger partial charge in [0.25, 0.3) is 0 Å². The largest absolute Gasteiger partial charge is 0.493 e. The van der Waals surface area contributed by atoms with Crippen molar-refractivity contribution in [2.75, 3.05) is 20.3 Å². The average Bonchev–Trinajstić information content (AvgIpc) is 3.18. The number of hydroxylamine groups is 2. The highest BCUT2D eigenvalue weighted by molar-refractivity contribution is 6.74. The molecule has 0 atom stereocenters. The lowest BCUT2D eigenvalue weighted by Gasteiger charge is -2.37. The van der Waals surface area contributed by atoms with E-state index in [9.17, 15) is 4.79 Å². The number of amides is 1. The van der Waals surface area contributed by atoms with Crippen molar-refractivity contribution in [1.29, 1.82) is 0 Å². The third kappa shape index (κ3) is 7.30. The number of aromatic nitrogens is 4. The molecule has 0 aliphatic carbocycles. The molecule has 12 heteroatoms. The van der Waals surface area contributed by atoms with E-state index in [0.717, 1.165) is 16.8 Å². The Bertz CT molecular complexity index is 1320. The van der Waals surface area contributed by atoms with Crippen LogP contribution in [0.15, 0.2) is 24.4 Å². The van der Waals surface area contributed by atoms with Gasteiger partial charge < -0.3 is 14.0 Å². The summed E-state index contributed by atoms with van der Waals surface area (Å²) in [6.45, 7) is 14.8. The summed E-state index contributed by atoms with van der Waals surface area (Å²) < 4.78 is 18.9. The van der Waals surface area contributed by atoms with Gasteiger partial charge in [0.2, 0.25) is 8.32 Å². The zero-order chi connectivity index (χ0) is 29.1. The molecule has 9 nitrogen and oxygen atoms in total. The van der Waals surface area contributed by atoms with E-state index < -0.39 is 14.4 Å². The van der Waals surface area contributed by atoms with Gasteiger partial charge in [-0.2, -0.15) is 5.10 Å². The summed E-state index contributed by atoms with van der Waals surface area (Å²) in [6.07, 6.45) is 1.75. The first-order valence-electron chi connectivity index (χ1n) is 12.7. The van der Waals surface area contributed by atoms with Gasteiger partial charge in [-0.15, -0.1) is 0 Å². The minimum atomic E-state index is -2.13. The standard InChI is InChI=1S/C27H37Cl2N5O4Si/c1-17-16-30-33(6)23(17)22-18(2)24(29)32-25(31-22)20-15-19(11-12-21(20)28)36-13-10-14-37-26(35)34(7)38-39(8,9)27(3,4)5/h11-12,15-16H,10,13-14H2,1-9H3. The molecular weight excluding hydrogens is 557 g/mol. The Morgan fingerprint density at radius 2 is 1.82 bits per heavy atom. The maximum Gasteiger partial charge on any atom is 0.432 e. The van der Waals surface area contributed by atoms with E-state index in [1.54, 1.807) is 36.1 Å². The monoisotopic (exact) mass is 593 g/mol. The van der Waals surface area contributed by atoms with Gasteiger partial charge in [-0.05, 0) is 55.7 Å². The second-order valence-electron chi connectivity index (χ2n) is 10.9. The first-order valence-corrected chi connectivity index (χ1v) is 16.3. The Morgan fingerprint density at radius 1 is 1.13 bits per heavy atom. The molecule has 0 saturated carbocycles. The fourth-order valence-electron chi connectivity index (χ4n) is 3.51.